The molecule has 5 rings (SSSR count). The number of ether oxygens (including phenoxy) is 1. The standard InChI is InChI=1S/C29H25F3N6O3S/c1-17(2)23-14-18(3)4-13-24(23)38-25(39)15-42-28(38)35-27(40)34-20-7-5-19(6-8-20)26-33-16-37(36-26)21-9-11-22(12-10-21)41-29(30,31)32/h4-14,16-17H,15H2,1-3H3,(H,34,40)/b35-28-. The van der Waals surface area contributed by atoms with Crippen molar-refractivity contribution >= 4 is 40.2 Å². The van der Waals surface area contributed by atoms with Crippen LogP contribution in [-0.4, -0.2) is 44.0 Å². The van der Waals surface area contributed by atoms with E-state index in [0.717, 1.165) is 16.8 Å². The minimum Gasteiger partial charge on any atom is -0.406 e. The van der Waals surface area contributed by atoms with Crippen LogP contribution in [-0.2, 0) is 4.79 Å². The van der Waals surface area contributed by atoms with Crippen molar-refractivity contribution in [3.05, 3.63) is 84.2 Å². The summed E-state index contributed by atoms with van der Waals surface area (Å²) < 4.78 is 42.5. The van der Waals surface area contributed by atoms with Crippen LogP contribution in [0.5, 0.6) is 5.75 Å². The molecule has 2 heterocycles. The quantitative estimate of drug-likeness (QED) is 0.260. The van der Waals surface area contributed by atoms with Crippen LogP contribution in [0.3, 0.4) is 0 Å². The number of hydrogen-bond donors (Lipinski definition) is 1. The van der Waals surface area contributed by atoms with Crippen molar-refractivity contribution in [3.63, 3.8) is 0 Å². The molecule has 3 aromatic carbocycles. The van der Waals surface area contributed by atoms with E-state index in [-0.39, 0.29) is 23.3 Å². The second kappa shape index (κ2) is 11.7. The topological polar surface area (TPSA) is 102 Å². The van der Waals surface area contributed by atoms with Crippen LogP contribution in [0.2, 0.25) is 0 Å². The van der Waals surface area contributed by atoms with Gasteiger partial charge in [0, 0.05) is 11.3 Å². The molecule has 1 aliphatic rings. The number of halogens is 3. The van der Waals surface area contributed by atoms with Gasteiger partial charge in [-0.15, -0.1) is 18.3 Å². The van der Waals surface area contributed by atoms with Gasteiger partial charge in [0.1, 0.15) is 12.1 Å². The number of amidine groups is 1. The molecule has 1 aliphatic heterocycles. The number of hydrogen-bond acceptors (Lipinski definition) is 6. The molecule has 1 saturated heterocycles. The molecule has 216 valence electrons. The number of anilines is 2. The molecule has 13 heteroatoms. The zero-order chi connectivity index (χ0) is 30.0. The zero-order valence-electron chi connectivity index (χ0n) is 22.7. The van der Waals surface area contributed by atoms with E-state index in [4.69, 9.17) is 0 Å². The Morgan fingerprint density at radius 2 is 1.79 bits per heavy atom. The molecule has 0 spiro atoms. The van der Waals surface area contributed by atoms with Crippen molar-refractivity contribution in [2.45, 2.75) is 33.1 Å². The van der Waals surface area contributed by atoms with E-state index >= 15 is 0 Å². The maximum Gasteiger partial charge on any atom is 0.573 e. The first-order chi connectivity index (χ1) is 20.0. The minimum absolute atomic E-state index is 0.140. The summed E-state index contributed by atoms with van der Waals surface area (Å²) in [5.41, 5.74) is 4.43. The molecule has 0 aliphatic carbocycles. The van der Waals surface area contributed by atoms with Crippen molar-refractivity contribution < 1.29 is 27.5 Å². The highest BCUT2D eigenvalue weighted by atomic mass is 32.2. The molecule has 0 radical (unpaired) electrons. The monoisotopic (exact) mass is 594 g/mol. The molecule has 0 unspecified atom stereocenters. The van der Waals surface area contributed by atoms with E-state index in [0.29, 0.717) is 27.9 Å². The Morgan fingerprint density at radius 3 is 2.45 bits per heavy atom. The first-order valence-electron chi connectivity index (χ1n) is 12.8. The molecule has 0 saturated carbocycles. The number of urea groups is 1. The largest absolute Gasteiger partial charge is 0.573 e. The fourth-order valence-electron chi connectivity index (χ4n) is 4.28. The van der Waals surface area contributed by atoms with Crippen LogP contribution < -0.4 is 15.0 Å². The van der Waals surface area contributed by atoms with E-state index in [9.17, 15) is 22.8 Å². The highest BCUT2D eigenvalue weighted by Gasteiger charge is 2.33. The van der Waals surface area contributed by atoms with Crippen molar-refractivity contribution in [3.8, 4) is 22.8 Å². The van der Waals surface area contributed by atoms with Gasteiger partial charge in [0.2, 0.25) is 5.91 Å². The Labute approximate surface area is 243 Å². The third kappa shape index (κ3) is 6.62. The lowest BCUT2D eigenvalue weighted by Gasteiger charge is -2.22. The summed E-state index contributed by atoms with van der Waals surface area (Å²) in [5, 5.41) is 7.41. The zero-order valence-corrected chi connectivity index (χ0v) is 23.5. The molecular weight excluding hydrogens is 569 g/mol. The number of aryl methyl sites for hydroxylation is 1. The maximum absolute atomic E-state index is 12.8. The highest BCUT2D eigenvalue weighted by Crippen LogP contribution is 2.34. The van der Waals surface area contributed by atoms with Gasteiger partial charge in [-0.2, -0.15) is 4.99 Å². The summed E-state index contributed by atoms with van der Waals surface area (Å²) in [6.45, 7) is 6.09. The average Bonchev–Trinajstić information content (AvgIpc) is 3.56. The SMILES string of the molecule is Cc1ccc(N2C(=O)CS/C2=N\C(=O)Nc2ccc(-c3ncn(-c4ccc(OC(F)(F)F)cc4)n3)cc2)c(C(C)C)c1. The molecule has 0 bridgehead atoms. The summed E-state index contributed by atoms with van der Waals surface area (Å²) in [6.07, 6.45) is -3.33. The van der Waals surface area contributed by atoms with E-state index in [1.54, 1.807) is 24.3 Å². The Morgan fingerprint density at radius 1 is 1.07 bits per heavy atom. The number of aliphatic imine (C=N–C) groups is 1. The average molecular weight is 595 g/mol. The summed E-state index contributed by atoms with van der Waals surface area (Å²) in [7, 11) is 0. The highest BCUT2D eigenvalue weighted by molar-refractivity contribution is 8.15. The number of alkyl halides is 3. The van der Waals surface area contributed by atoms with Crippen LogP contribution in [0.15, 0.2) is 78.0 Å². The third-order valence-electron chi connectivity index (χ3n) is 6.23. The fourth-order valence-corrected chi connectivity index (χ4v) is 5.14. The summed E-state index contributed by atoms with van der Waals surface area (Å²) in [6, 6.07) is 17.2. The maximum atomic E-state index is 12.8. The van der Waals surface area contributed by atoms with Gasteiger partial charge < -0.3 is 10.1 Å². The summed E-state index contributed by atoms with van der Waals surface area (Å²) >= 11 is 1.21. The Hall–Kier alpha value is -4.65. The van der Waals surface area contributed by atoms with Crippen molar-refractivity contribution in [1.82, 2.24) is 14.8 Å². The number of nitrogens with one attached hydrogen (secondary N) is 1. The van der Waals surface area contributed by atoms with Gasteiger partial charge in [0.15, 0.2) is 11.0 Å². The first kappa shape index (κ1) is 28.9. The normalized spacial score (nSPS) is 14.6. The van der Waals surface area contributed by atoms with Crippen molar-refractivity contribution in [2.75, 3.05) is 16.0 Å². The van der Waals surface area contributed by atoms with Crippen LogP contribution in [0.4, 0.5) is 29.3 Å². The van der Waals surface area contributed by atoms with Gasteiger partial charge in [-0.3, -0.25) is 9.69 Å². The molecule has 3 amide bonds. The van der Waals surface area contributed by atoms with Gasteiger partial charge >= 0.3 is 12.4 Å². The summed E-state index contributed by atoms with van der Waals surface area (Å²) in [4.78, 5) is 35.5. The van der Waals surface area contributed by atoms with Gasteiger partial charge in [0.05, 0.1) is 17.1 Å². The molecule has 42 heavy (non-hydrogen) atoms. The Balaban J connectivity index is 1.27. The lowest BCUT2D eigenvalue weighted by atomic mass is 9.98. The molecule has 1 fully saturated rings. The van der Waals surface area contributed by atoms with Gasteiger partial charge in [-0.05, 0) is 73.0 Å². The predicted molar refractivity (Wildman–Crippen MR) is 155 cm³/mol. The number of carbonyl (C=O) groups excluding carboxylic acids is 2. The van der Waals surface area contributed by atoms with Crippen molar-refractivity contribution in [1.29, 1.82) is 0 Å². The van der Waals surface area contributed by atoms with E-state index in [2.05, 4.69) is 25.1 Å². The van der Waals surface area contributed by atoms with E-state index in [1.807, 2.05) is 39.0 Å². The molecule has 0 atom stereocenters. The minimum atomic E-state index is -4.77. The number of benzene rings is 3. The lowest BCUT2D eigenvalue weighted by molar-refractivity contribution is -0.274. The lowest BCUT2D eigenvalue weighted by Crippen LogP contribution is -2.31. The second-order valence-electron chi connectivity index (χ2n) is 9.69. The number of carbonyl (C=O) groups is 2. The van der Waals surface area contributed by atoms with Gasteiger partial charge in [-0.1, -0.05) is 43.3 Å². The predicted octanol–water partition coefficient (Wildman–Crippen LogP) is 6.93. The van der Waals surface area contributed by atoms with E-state index < -0.39 is 12.4 Å². The van der Waals surface area contributed by atoms with Crippen LogP contribution in [0.1, 0.15) is 30.9 Å². The van der Waals surface area contributed by atoms with Gasteiger partial charge in [-0.25, -0.2) is 14.5 Å². The second-order valence-corrected chi connectivity index (χ2v) is 10.6. The number of aromatic nitrogens is 3. The van der Waals surface area contributed by atoms with Crippen LogP contribution >= 0.6 is 11.8 Å². The van der Waals surface area contributed by atoms with E-state index in [1.165, 1.54) is 51.9 Å². The number of rotatable bonds is 6. The van der Waals surface area contributed by atoms with Crippen molar-refractivity contribution in [2.24, 2.45) is 4.99 Å². The molecule has 9 nitrogen and oxygen atoms in total. The Kier molecular flexibility index (Phi) is 8.03. The van der Waals surface area contributed by atoms with Crippen LogP contribution in [0.25, 0.3) is 17.1 Å². The third-order valence-corrected chi connectivity index (χ3v) is 7.15. The molecule has 1 N–H and O–H groups in total. The van der Waals surface area contributed by atoms with Crippen LogP contribution in [0, 0.1) is 6.92 Å². The first-order valence-corrected chi connectivity index (χ1v) is 13.8. The molecule has 4 aromatic rings. The fraction of sp³-hybridized carbons (Fsp3) is 0.207. The number of amides is 3. The molecular formula is C29H25F3N6O3S. The smallest absolute Gasteiger partial charge is 0.406 e. The van der Waals surface area contributed by atoms with Gasteiger partial charge in [0.25, 0.3) is 0 Å². The molecule has 1 aromatic heterocycles. The Bertz CT molecular complexity index is 1650. The summed E-state index contributed by atoms with van der Waals surface area (Å²) in [5.74, 6) is 0.262. The number of nitrogens with zero attached hydrogens (tertiary/aromatic N) is 5. The number of thioether (sulfide) groups is 1.